The molecule has 1 aliphatic rings. The number of rotatable bonds is 6. The van der Waals surface area contributed by atoms with E-state index >= 15 is 0 Å². The van der Waals surface area contributed by atoms with Crippen LogP contribution in [0.2, 0.25) is 0 Å². The number of likely N-dealkylation sites (tertiary alicyclic amines) is 1. The lowest BCUT2D eigenvalue weighted by Gasteiger charge is -2.27. The number of piperidine rings is 1. The first-order chi connectivity index (χ1) is 11.6. The summed E-state index contributed by atoms with van der Waals surface area (Å²) in [5, 5.41) is 6.94. The van der Waals surface area contributed by atoms with E-state index in [4.69, 9.17) is 0 Å². The molecule has 1 aliphatic heterocycles. The second-order valence-corrected chi connectivity index (χ2v) is 7.21. The summed E-state index contributed by atoms with van der Waals surface area (Å²) < 4.78 is 0. The molecule has 2 N–H and O–H groups in total. The minimum absolute atomic E-state index is 0. The molecule has 1 atom stereocenters. The Bertz CT molecular complexity index is 524. The normalized spacial score (nSPS) is 17.1. The van der Waals surface area contributed by atoms with Crippen LogP contribution in [-0.2, 0) is 13.1 Å². The number of nitrogens with zero attached hydrogens (tertiary/aromatic N) is 2. The molecule has 0 spiro atoms. The summed E-state index contributed by atoms with van der Waals surface area (Å²) in [6.07, 6.45) is 4.06. The zero-order chi connectivity index (χ0) is 17.4. The highest BCUT2D eigenvalue weighted by molar-refractivity contribution is 14.0. The predicted octanol–water partition coefficient (Wildman–Crippen LogP) is 4.00. The van der Waals surface area contributed by atoms with E-state index in [1.807, 2.05) is 7.05 Å². The van der Waals surface area contributed by atoms with Gasteiger partial charge >= 0.3 is 0 Å². The molecular weight excluding hydrogens is 423 g/mol. The number of aliphatic imine (C=N–C) groups is 1. The Kier molecular flexibility index (Phi) is 10.4. The fourth-order valence-electron chi connectivity index (χ4n) is 3.00. The molecule has 1 fully saturated rings. The van der Waals surface area contributed by atoms with Gasteiger partial charge in [-0.05, 0) is 49.9 Å². The largest absolute Gasteiger partial charge is 0.354 e. The lowest BCUT2D eigenvalue weighted by Crippen LogP contribution is -2.44. The van der Waals surface area contributed by atoms with Gasteiger partial charge in [0.2, 0.25) is 0 Å². The van der Waals surface area contributed by atoms with Gasteiger partial charge in [-0.2, -0.15) is 0 Å². The highest BCUT2D eigenvalue weighted by Gasteiger charge is 2.13. The van der Waals surface area contributed by atoms with E-state index in [1.54, 1.807) is 0 Å². The average molecular weight is 458 g/mol. The monoisotopic (exact) mass is 458 g/mol. The molecule has 1 saturated heterocycles. The average Bonchev–Trinajstić information content (AvgIpc) is 2.60. The first-order valence-corrected chi connectivity index (χ1v) is 9.36. The molecule has 0 aliphatic carbocycles. The molecular formula is C20H35IN4. The van der Waals surface area contributed by atoms with Gasteiger partial charge in [0.25, 0.3) is 0 Å². The van der Waals surface area contributed by atoms with Crippen LogP contribution >= 0.6 is 24.0 Å². The third kappa shape index (κ3) is 7.52. The third-order valence-corrected chi connectivity index (χ3v) is 5.00. The number of nitrogens with one attached hydrogen (secondary N) is 2. The quantitative estimate of drug-likeness (QED) is 0.385. The highest BCUT2D eigenvalue weighted by atomic mass is 127. The SMILES string of the molecule is CN=C(NCc1ccccc1CN1CCCCC1)NC(C)C(C)C.I. The number of benzene rings is 1. The third-order valence-electron chi connectivity index (χ3n) is 5.00. The van der Waals surface area contributed by atoms with Gasteiger partial charge in [0.15, 0.2) is 5.96 Å². The van der Waals surface area contributed by atoms with Crippen LogP contribution in [0.1, 0.15) is 51.2 Å². The van der Waals surface area contributed by atoms with Crippen LogP contribution in [0, 0.1) is 5.92 Å². The van der Waals surface area contributed by atoms with Gasteiger partial charge in [-0.1, -0.05) is 44.5 Å². The van der Waals surface area contributed by atoms with Gasteiger partial charge in [-0.25, -0.2) is 0 Å². The fourth-order valence-corrected chi connectivity index (χ4v) is 3.00. The topological polar surface area (TPSA) is 39.7 Å². The standard InChI is InChI=1S/C20H34N4.HI/c1-16(2)17(3)23-20(21-4)22-14-18-10-6-7-11-19(18)15-24-12-8-5-9-13-24;/h6-7,10-11,16-17H,5,8-9,12-15H2,1-4H3,(H2,21,22,23);1H. The Morgan fingerprint density at radius 3 is 2.32 bits per heavy atom. The van der Waals surface area contributed by atoms with E-state index in [9.17, 15) is 0 Å². The lowest BCUT2D eigenvalue weighted by molar-refractivity contribution is 0.220. The van der Waals surface area contributed by atoms with Crippen molar-refractivity contribution in [2.24, 2.45) is 10.9 Å². The Morgan fingerprint density at radius 1 is 1.08 bits per heavy atom. The van der Waals surface area contributed by atoms with E-state index in [-0.39, 0.29) is 24.0 Å². The fraction of sp³-hybridized carbons (Fsp3) is 0.650. The van der Waals surface area contributed by atoms with Crippen molar-refractivity contribution >= 4 is 29.9 Å². The lowest BCUT2D eigenvalue weighted by atomic mass is 10.0. The van der Waals surface area contributed by atoms with E-state index in [2.05, 4.69) is 65.6 Å². The van der Waals surface area contributed by atoms with Crippen molar-refractivity contribution in [2.75, 3.05) is 20.1 Å². The summed E-state index contributed by atoms with van der Waals surface area (Å²) in [5.74, 6) is 1.46. The molecule has 0 amide bonds. The molecule has 1 unspecified atom stereocenters. The molecule has 1 aromatic rings. The van der Waals surface area contributed by atoms with Crippen molar-refractivity contribution in [1.82, 2.24) is 15.5 Å². The van der Waals surface area contributed by atoms with Crippen LogP contribution in [0.5, 0.6) is 0 Å². The van der Waals surface area contributed by atoms with Crippen molar-refractivity contribution in [2.45, 2.75) is 59.2 Å². The van der Waals surface area contributed by atoms with Crippen molar-refractivity contribution in [3.05, 3.63) is 35.4 Å². The van der Waals surface area contributed by atoms with Gasteiger partial charge in [-0.3, -0.25) is 9.89 Å². The number of guanidine groups is 1. The Morgan fingerprint density at radius 2 is 1.72 bits per heavy atom. The van der Waals surface area contributed by atoms with Gasteiger partial charge < -0.3 is 10.6 Å². The summed E-state index contributed by atoms with van der Waals surface area (Å²) in [6, 6.07) is 9.17. The van der Waals surface area contributed by atoms with Crippen LogP contribution in [0.15, 0.2) is 29.3 Å². The smallest absolute Gasteiger partial charge is 0.191 e. The van der Waals surface area contributed by atoms with Crippen molar-refractivity contribution in [3.8, 4) is 0 Å². The molecule has 0 aromatic heterocycles. The second kappa shape index (κ2) is 11.7. The maximum absolute atomic E-state index is 4.35. The predicted molar refractivity (Wildman–Crippen MR) is 119 cm³/mol. The minimum atomic E-state index is 0. The Labute approximate surface area is 170 Å². The van der Waals surface area contributed by atoms with Gasteiger partial charge in [0.1, 0.15) is 0 Å². The van der Waals surface area contributed by atoms with E-state index in [1.165, 1.54) is 43.5 Å². The number of halogens is 1. The van der Waals surface area contributed by atoms with Gasteiger partial charge in [0.05, 0.1) is 0 Å². The van der Waals surface area contributed by atoms with Crippen LogP contribution in [0.4, 0.5) is 0 Å². The summed E-state index contributed by atoms with van der Waals surface area (Å²) in [5.41, 5.74) is 2.79. The molecule has 2 rings (SSSR count). The van der Waals surface area contributed by atoms with Crippen LogP contribution in [-0.4, -0.2) is 37.0 Å². The zero-order valence-corrected chi connectivity index (χ0v) is 18.5. The zero-order valence-electron chi connectivity index (χ0n) is 16.2. The molecule has 5 heteroatoms. The Hall–Kier alpha value is -0.820. The minimum Gasteiger partial charge on any atom is -0.354 e. The molecule has 4 nitrogen and oxygen atoms in total. The summed E-state index contributed by atoms with van der Waals surface area (Å²) in [6.45, 7) is 11.0. The molecule has 1 aromatic carbocycles. The number of hydrogen-bond donors (Lipinski definition) is 2. The van der Waals surface area contributed by atoms with Crippen molar-refractivity contribution in [1.29, 1.82) is 0 Å². The summed E-state index contributed by atoms with van der Waals surface area (Å²) in [4.78, 5) is 6.93. The van der Waals surface area contributed by atoms with Gasteiger partial charge in [-0.15, -0.1) is 24.0 Å². The summed E-state index contributed by atoms with van der Waals surface area (Å²) >= 11 is 0. The van der Waals surface area contributed by atoms with Crippen molar-refractivity contribution in [3.63, 3.8) is 0 Å². The maximum Gasteiger partial charge on any atom is 0.191 e. The molecule has 142 valence electrons. The molecule has 0 radical (unpaired) electrons. The summed E-state index contributed by atoms with van der Waals surface area (Å²) in [7, 11) is 1.84. The molecule has 0 saturated carbocycles. The van der Waals surface area contributed by atoms with E-state index < -0.39 is 0 Å². The first-order valence-electron chi connectivity index (χ1n) is 9.36. The van der Waals surface area contributed by atoms with Crippen LogP contribution < -0.4 is 10.6 Å². The molecule has 25 heavy (non-hydrogen) atoms. The van der Waals surface area contributed by atoms with Gasteiger partial charge in [0, 0.05) is 26.2 Å². The van der Waals surface area contributed by atoms with Crippen LogP contribution in [0.25, 0.3) is 0 Å². The van der Waals surface area contributed by atoms with E-state index in [0.29, 0.717) is 12.0 Å². The second-order valence-electron chi connectivity index (χ2n) is 7.21. The number of hydrogen-bond acceptors (Lipinski definition) is 2. The maximum atomic E-state index is 4.35. The van der Waals surface area contributed by atoms with Crippen molar-refractivity contribution < 1.29 is 0 Å². The molecule has 1 heterocycles. The first kappa shape index (κ1) is 22.2. The van der Waals surface area contributed by atoms with E-state index in [0.717, 1.165) is 19.0 Å². The molecule has 0 bridgehead atoms. The van der Waals surface area contributed by atoms with Crippen LogP contribution in [0.3, 0.4) is 0 Å². The Balaban J connectivity index is 0.00000312. The highest BCUT2D eigenvalue weighted by Crippen LogP contribution is 2.16.